The first-order valence-corrected chi connectivity index (χ1v) is 6.89. The number of carbonyl (C=O) groups is 1. The van der Waals surface area contributed by atoms with Crippen LogP contribution in [0.5, 0.6) is 5.75 Å². The summed E-state index contributed by atoms with van der Waals surface area (Å²) >= 11 is 5.94. The summed E-state index contributed by atoms with van der Waals surface area (Å²) in [5.74, 6) is 0.171. The van der Waals surface area contributed by atoms with E-state index < -0.39 is 6.10 Å². The molecular formula is C16H16ClNO3. The highest BCUT2D eigenvalue weighted by molar-refractivity contribution is 6.32. The minimum Gasteiger partial charge on any atom is -0.482 e. The van der Waals surface area contributed by atoms with E-state index >= 15 is 0 Å². The molecule has 0 radical (unpaired) electrons. The van der Waals surface area contributed by atoms with Gasteiger partial charge in [0.05, 0.1) is 11.1 Å². The van der Waals surface area contributed by atoms with Gasteiger partial charge in [-0.05, 0) is 36.8 Å². The van der Waals surface area contributed by atoms with Gasteiger partial charge < -0.3 is 15.2 Å². The molecule has 0 unspecified atom stereocenters. The molecule has 5 heteroatoms. The Balaban J connectivity index is 1.93. The van der Waals surface area contributed by atoms with Crippen molar-refractivity contribution in [1.82, 2.24) is 0 Å². The second kappa shape index (κ2) is 7.11. The predicted molar refractivity (Wildman–Crippen MR) is 82.7 cm³/mol. The zero-order valence-corrected chi connectivity index (χ0v) is 12.3. The average molecular weight is 306 g/mol. The van der Waals surface area contributed by atoms with Gasteiger partial charge in [0.25, 0.3) is 5.91 Å². The predicted octanol–water partition coefficient (Wildman–Crippen LogP) is 3.41. The molecule has 0 saturated heterocycles. The van der Waals surface area contributed by atoms with E-state index in [2.05, 4.69) is 5.32 Å². The molecule has 2 aromatic rings. The summed E-state index contributed by atoms with van der Waals surface area (Å²) in [5.41, 5.74) is 1.35. The van der Waals surface area contributed by atoms with E-state index in [4.69, 9.17) is 16.3 Å². The van der Waals surface area contributed by atoms with Crippen LogP contribution in [0.15, 0.2) is 48.5 Å². The number of nitrogens with one attached hydrogen (secondary N) is 1. The van der Waals surface area contributed by atoms with Gasteiger partial charge in [0, 0.05) is 5.69 Å². The Hall–Kier alpha value is -2.04. The largest absolute Gasteiger partial charge is 0.482 e. The van der Waals surface area contributed by atoms with Crippen LogP contribution < -0.4 is 10.1 Å². The van der Waals surface area contributed by atoms with E-state index in [0.29, 0.717) is 16.5 Å². The number of aliphatic hydroxyl groups excluding tert-OH is 1. The van der Waals surface area contributed by atoms with Gasteiger partial charge in [-0.25, -0.2) is 0 Å². The number of anilines is 1. The Morgan fingerprint density at radius 2 is 2.05 bits per heavy atom. The molecule has 0 aliphatic carbocycles. The molecule has 0 heterocycles. The van der Waals surface area contributed by atoms with E-state index in [9.17, 15) is 9.90 Å². The smallest absolute Gasteiger partial charge is 0.262 e. The summed E-state index contributed by atoms with van der Waals surface area (Å²) in [6.07, 6.45) is -0.582. The number of benzene rings is 2. The summed E-state index contributed by atoms with van der Waals surface area (Å²) in [4.78, 5) is 11.8. The summed E-state index contributed by atoms with van der Waals surface area (Å²) in [6, 6.07) is 14.0. The van der Waals surface area contributed by atoms with Gasteiger partial charge in [-0.15, -0.1) is 0 Å². The first-order chi connectivity index (χ1) is 10.1. The van der Waals surface area contributed by atoms with Crippen LogP contribution in [0, 0.1) is 0 Å². The Morgan fingerprint density at radius 1 is 1.29 bits per heavy atom. The Kier molecular flexibility index (Phi) is 5.20. The van der Waals surface area contributed by atoms with Crippen LogP contribution in [0.2, 0.25) is 5.02 Å². The molecule has 2 N–H and O–H groups in total. The van der Waals surface area contributed by atoms with Gasteiger partial charge in [0.1, 0.15) is 5.75 Å². The van der Waals surface area contributed by atoms with Crippen molar-refractivity contribution < 1.29 is 14.6 Å². The maximum atomic E-state index is 11.8. The van der Waals surface area contributed by atoms with Crippen LogP contribution in [0.25, 0.3) is 0 Å². The van der Waals surface area contributed by atoms with E-state index in [0.717, 1.165) is 5.56 Å². The summed E-state index contributed by atoms with van der Waals surface area (Å²) < 4.78 is 5.36. The third-order valence-corrected chi connectivity index (χ3v) is 3.16. The van der Waals surface area contributed by atoms with Crippen molar-refractivity contribution in [2.45, 2.75) is 13.0 Å². The van der Waals surface area contributed by atoms with Crippen LogP contribution >= 0.6 is 11.6 Å². The van der Waals surface area contributed by atoms with Crippen molar-refractivity contribution in [2.24, 2.45) is 0 Å². The standard InChI is InChI=1S/C16H16ClNO3/c1-11(19)12-5-4-6-13(9-12)18-16(20)10-21-15-8-3-2-7-14(15)17/h2-9,11,19H,10H2,1H3,(H,18,20)/t11-/m1/s1. The SMILES string of the molecule is C[C@@H](O)c1cccc(NC(=O)COc2ccccc2Cl)c1. The van der Waals surface area contributed by atoms with Gasteiger partial charge in [-0.1, -0.05) is 35.9 Å². The maximum absolute atomic E-state index is 11.8. The van der Waals surface area contributed by atoms with Gasteiger partial charge in [-0.3, -0.25) is 4.79 Å². The quantitative estimate of drug-likeness (QED) is 0.890. The highest BCUT2D eigenvalue weighted by Gasteiger charge is 2.07. The lowest BCUT2D eigenvalue weighted by atomic mass is 10.1. The molecule has 110 valence electrons. The third-order valence-electron chi connectivity index (χ3n) is 2.85. The van der Waals surface area contributed by atoms with Crippen molar-refractivity contribution in [2.75, 3.05) is 11.9 Å². The van der Waals surface area contributed by atoms with E-state index in [1.54, 1.807) is 55.5 Å². The Morgan fingerprint density at radius 3 is 2.76 bits per heavy atom. The van der Waals surface area contributed by atoms with Crippen LogP contribution in [-0.2, 0) is 4.79 Å². The number of ether oxygens (including phenoxy) is 1. The normalized spacial score (nSPS) is 11.8. The number of hydrogen-bond acceptors (Lipinski definition) is 3. The minimum atomic E-state index is -0.582. The molecule has 0 aliphatic rings. The number of hydrogen-bond donors (Lipinski definition) is 2. The lowest BCUT2D eigenvalue weighted by molar-refractivity contribution is -0.118. The molecule has 0 bridgehead atoms. The second-order valence-electron chi connectivity index (χ2n) is 4.57. The Bertz CT molecular complexity index is 628. The molecule has 0 spiro atoms. The van der Waals surface area contributed by atoms with Crippen molar-refractivity contribution in [3.63, 3.8) is 0 Å². The van der Waals surface area contributed by atoms with Crippen molar-refractivity contribution >= 4 is 23.2 Å². The first-order valence-electron chi connectivity index (χ1n) is 6.51. The average Bonchev–Trinajstić information content (AvgIpc) is 2.46. The zero-order chi connectivity index (χ0) is 15.2. The number of aliphatic hydroxyl groups is 1. The lowest BCUT2D eigenvalue weighted by Gasteiger charge is -2.10. The maximum Gasteiger partial charge on any atom is 0.262 e. The molecule has 1 amide bonds. The van der Waals surface area contributed by atoms with E-state index in [1.807, 2.05) is 0 Å². The van der Waals surface area contributed by atoms with Crippen LogP contribution in [0.1, 0.15) is 18.6 Å². The highest BCUT2D eigenvalue weighted by atomic mass is 35.5. The van der Waals surface area contributed by atoms with Crippen molar-refractivity contribution in [3.8, 4) is 5.75 Å². The fourth-order valence-corrected chi connectivity index (χ4v) is 1.97. The number of rotatable bonds is 5. The zero-order valence-electron chi connectivity index (χ0n) is 11.5. The fraction of sp³-hybridized carbons (Fsp3) is 0.188. The molecule has 0 aliphatic heterocycles. The van der Waals surface area contributed by atoms with Crippen LogP contribution in [0.4, 0.5) is 5.69 Å². The third kappa shape index (κ3) is 4.48. The van der Waals surface area contributed by atoms with Crippen molar-refractivity contribution in [1.29, 1.82) is 0 Å². The second-order valence-corrected chi connectivity index (χ2v) is 4.98. The highest BCUT2D eigenvalue weighted by Crippen LogP contribution is 2.23. The topological polar surface area (TPSA) is 58.6 Å². The minimum absolute atomic E-state index is 0.136. The van der Waals surface area contributed by atoms with Crippen LogP contribution in [-0.4, -0.2) is 17.6 Å². The molecular weight excluding hydrogens is 290 g/mol. The summed E-state index contributed by atoms with van der Waals surface area (Å²) in [6.45, 7) is 1.53. The molecule has 0 aromatic heterocycles. The summed E-state index contributed by atoms with van der Waals surface area (Å²) in [5, 5.41) is 12.7. The molecule has 0 fully saturated rings. The van der Waals surface area contributed by atoms with Gasteiger partial charge in [-0.2, -0.15) is 0 Å². The molecule has 1 atom stereocenters. The van der Waals surface area contributed by atoms with Gasteiger partial charge in [0.2, 0.25) is 0 Å². The van der Waals surface area contributed by atoms with Gasteiger partial charge in [0.15, 0.2) is 6.61 Å². The lowest BCUT2D eigenvalue weighted by Crippen LogP contribution is -2.20. The first kappa shape index (κ1) is 15.4. The monoisotopic (exact) mass is 305 g/mol. The summed E-state index contributed by atoms with van der Waals surface area (Å²) in [7, 11) is 0. The van der Waals surface area contributed by atoms with Crippen molar-refractivity contribution in [3.05, 3.63) is 59.1 Å². The molecule has 2 rings (SSSR count). The molecule has 4 nitrogen and oxygen atoms in total. The van der Waals surface area contributed by atoms with Crippen LogP contribution in [0.3, 0.4) is 0 Å². The fourth-order valence-electron chi connectivity index (χ4n) is 1.78. The molecule has 21 heavy (non-hydrogen) atoms. The number of amides is 1. The Labute approximate surface area is 128 Å². The number of carbonyl (C=O) groups excluding carboxylic acids is 1. The molecule has 2 aromatic carbocycles. The number of halogens is 1. The van der Waals surface area contributed by atoms with Gasteiger partial charge >= 0.3 is 0 Å². The van der Waals surface area contributed by atoms with E-state index in [-0.39, 0.29) is 12.5 Å². The molecule has 0 saturated carbocycles. The van der Waals surface area contributed by atoms with E-state index in [1.165, 1.54) is 0 Å². The number of para-hydroxylation sites is 1.